The summed E-state index contributed by atoms with van der Waals surface area (Å²) in [5.41, 5.74) is 6.23. The lowest BCUT2D eigenvalue weighted by Gasteiger charge is -2.36. The summed E-state index contributed by atoms with van der Waals surface area (Å²) in [5.74, 6) is 0.663. The van der Waals surface area contributed by atoms with Crippen molar-refractivity contribution in [1.82, 2.24) is 4.90 Å². The smallest absolute Gasteiger partial charge is 0.0586 e. The first-order valence-corrected chi connectivity index (χ1v) is 7.41. The fourth-order valence-electron chi connectivity index (χ4n) is 3.45. The van der Waals surface area contributed by atoms with Crippen LogP contribution < -0.4 is 5.73 Å². The maximum atomic E-state index is 9.51. The maximum Gasteiger partial charge on any atom is 0.0586 e. The third-order valence-corrected chi connectivity index (χ3v) is 4.65. The third kappa shape index (κ3) is 3.67. The predicted octanol–water partition coefficient (Wildman–Crippen LogP) is 1.74. The van der Waals surface area contributed by atoms with Gasteiger partial charge in [0.2, 0.25) is 0 Å². The second kappa shape index (κ2) is 6.72. The summed E-state index contributed by atoms with van der Waals surface area (Å²) in [6, 6.07) is 0.790. The Morgan fingerprint density at radius 3 is 2.53 bits per heavy atom. The van der Waals surface area contributed by atoms with Crippen LogP contribution in [-0.2, 0) is 0 Å². The number of likely N-dealkylation sites (tertiary alicyclic amines) is 1. The Morgan fingerprint density at radius 2 is 1.76 bits per heavy atom. The van der Waals surface area contributed by atoms with E-state index in [2.05, 4.69) is 4.90 Å². The van der Waals surface area contributed by atoms with Gasteiger partial charge in [0.15, 0.2) is 0 Å². The van der Waals surface area contributed by atoms with Crippen molar-refractivity contribution in [1.29, 1.82) is 0 Å². The van der Waals surface area contributed by atoms with Crippen molar-refractivity contribution in [2.45, 2.75) is 63.5 Å². The zero-order chi connectivity index (χ0) is 12.1. The molecule has 2 fully saturated rings. The molecule has 1 aliphatic heterocycles. The van der Waals surface area contributed by atoms with E-state index in [1.807, 2.05) is 0 Å². The second-order valence-electron chi connectivity index (χ2n) is 5.89. The molecule has 17 heavy (non-hydrogen) atoms. The largest absolute Gasteiger partial charge is 0.395 e. The molecule has 1 saturated carbocycles. The van der Waals surface area contributed by atoms with Gasteiger partial charge in [0, 0.05) is 18.6 Å². The van der Waals surface area contributed by atoms with Gasteiger partial charge in [-0.05, 0) is 38.1 Å². The quantitative estimate of drug-likeness (QED) is 0.790. The van der Waals surface area contributed by atoms with E-state index >= 15 is 0 Å². The molecule has 0 amide bonds. The molecule has 3 nitrogen and oxygen atoms in total. The first-order valence-electron chi connectivity index (χ1n) is 7.41. The van der Waals surface area contributed by atoms with Gasteiger partial charge < -0.3 is 10.8 Å². The Morgan fingerprint density at radius 1 is 1.00 bits per heavy atom. The van der Waals surface area contributed by atoms with Crippen LogP contribution in [0.5, 0.6) is 0 Å². The molecule has 3 heteroatoms. The van der Waals surface area contributed by atoms with Crippen LogP contribution in [-0.4, -0.2) is 41.8 Å². The van der Waals surface area contributed by atoms with E-state index in [-0.39, 0.29) is 0 Å². The van der Waals surface area contributed by atoms with Crippen molar-refractivity contribution >= 4 is 0 Å². The second-order valence-corrected chi connectivity index (χ2v) is 5.89. The van der Waals surface area contributed by atoms with Gasteiger partial charge in [0.1, 0.15) is 0 Å². The summed E-state index contributed by atoms with van der Waals surface area (Å²) >= 11 is 0. The average Bonchev–Trinajstić information content (AvgIpc) is 2.57. The molecule has 0 aromatic heterocycles. The van der Waals surface area contributed by atoms with Gasteiger partial charge in [0.25, 0.3) is 0 Å². The molecule has 0 aromatic rings. The van der Waals surface area contributed by atoms with E-state index in [1.54, 1.807) is 0 Å². The lowest BCUT2D eigenvalue weighted by atomic mass is 9.84. The van der Waals surface area contributed by atoms with Gasteiger partial charge in [-0.1, -0.05) is 25.7 Å². The molecule has 1 saturated heterocycles. The van der Waals surface area contributed by atoms with Gasteiger partial charge >= 0.3 is 0 Å². The number of aliphatic hydroxyl groups excluding tert-OH is 1. The van der Waals surface area contributed by atoms with Crippen LogP contribution in [0.1, 0.15) is 51.4 Å². The lowest BCUT2D eigenvalue weighted by molar-refractivity contribution is 0.0948. The minimum atomic E-state index is 0.321. The zero-order valence-electron chi connectivity index (χ0n) is 11.0. The maximum absolute atomic E-state index is 9.51. The summed E-state index contributed by atoms with van der Waals surface area (Å²) in [7, 11) is 0. The molecule has 2 aliphatic rings. The Kier molecular flexibility index (Phi) is 5.26. The van der Waals surface area contributed by atoms with Crippen LogP contribution in [0, 0.1) is 5.92 Å². The van der Waals surface area contributed by atoms with E-state index in [9.17, 15) is 5.11 Å². The monoisotopic (exact) mass is 240 g/mol. The van der Waals surface area contributed by atoms with E-state index in [0.29, 0.717) is 24.6 Å². The van der Waals surface area contributed by atoms with E-state index in [4.69, 9.17) is 5.73 Å². The molecule has 3 N–H and O–H groups in total. The number of nitrogens with zero attached hydrogens (tertiary/aromatic N) is 1. The van der Waals surface area contributed by atoms with Gasteiger partial charge in [-0.2, -0.15) is 0 Å². The Labute approximate surface area is 105 Å². The molecule has 0 radical (unpaired) electrons. The number of rotatable bonds is 3. The van der Waals surface area contributed by atoms with E-state index in [0.717, 1.165) is 13.1 Å². The van der Waals surface area contributed by atoms with Crippen molar-refractivity contribution in [2.24, 2.45) is 11.7 Å². The summed E-state index contributed by atoms with van der Waals surface area (Å²) in [5, 5.41) is 9.51. The first-order chi connectivity index (χ1) is 8.31. The normalized spacial score (nSPS) is 36.7. The first kappa shape index (κ1) is 13.3. The summed E-state index contributed by atoms with van der Waals surface area (Å²) < 4.78 is 0. The highest BCUT2D eigenvalue weighted by Gasteiger charge is 2.27. The zero-order valence-corrected chi connectivity index (χ0v) is 11.0. The molecule has 0 bridgehead atoms. The Balaban J connectivity index is 1.89. The van der Waals surface area contributed by atoms with Crippen LogP contribution in [0.3, 0.4) is 0 Å². The lowest BCUT2D eigenvalue weighted by Crippen LogP contribution is -2.46. The van der Waals surface area contributed by atoms with Gasteiger partial charge in [0.05, 0.1) is 6.61 Å². The van der Waals surface area contributed by atoms with Gasteiger partial charge in [-0.15, -0.1) is 0 Å². The molecule has 0 aromatic carbocycles. The third-order valence-electron chi connectivity index (χ3n) is 4.65. The van der Waals surface area contributed by atoms with Crippen LogP contribution in [0.4, 0.5) is 0 Å². The molecule has 3 unspecified atom stereocenters. The fourth-order valence-corrected chi connectivity index (χ4v) is 3.45. The number of hydrogen-bond acceptors (Lipinski definition) is 3. The van der Waals surface area contributed by atoms with Gasteiger partial charge in [-0.25, -0.2) is 0 Å². The molecular formula is C14H28N2O. The van der Waals surface area contributed by atoms with Crippen molar-refractivity contribution in [3.8, 4) is 0 Å². The summed E-state index contributed by atoms with van der Waals surface area (Å²) in [4.78, 5) is 2.52. The van der Waals surface area contributed by atoms with Crippen molar-refractivity contribution in [2.75, 3.05) is 19.7 Å². The van der Waals surface area contributed by atoms with Crippen molar-refractivity contribution in [3.63, 3.8) is 0 Å². The fraction of sp³-hybridized carbons (Fsp3) is 1.00. The minimum absolute atomic E-state index is 0.321. The SMILES string of the molecule is NC1CCCCC1CN1CCCCCC1CO. The Bertz CT molecular complexity index is 222. The minimum Gasteiger partial charge on any atom is -0.395 e. The van der Waals surface area contributed by atoms with E-state index in [1.165, 1.54) is 51.4 Å². The summed E-state index contributed by atoms with van der Waals surface area (Å²) in [6.45, 7) is 2.60. The topological polar surface area (TPSA) is 49.5 Å². The molecule has 3 atom stereocenters. The summed E-state index contributed by atoms with van der Waals surface area (Å²) in [6.07, 6.45) is 10.2. The highest BCUT2D eigenvalue weighted by Crippen LogP contribution is 2.26. The van der Waals surface area contributed by atoms with Crippen LogP contribution in [0.2, 0.25) is 0 Å². The standard InChI is InChI=1S/C14H28N2O/c15-14-8-4-3-6-12(14)10-16-9-5-1-2-7-13(16)11-17/h12-14,17H,1-11,15H2. The number of nitrogens with two attached hydrogens (primary N) is 1. The predicted molar refractivity (Wildman–Crippen MR) is 70.8 cm³/mol. The van der Waals surface area contributed by atoms with E-state index < -0.39 is 0 Å². The molecule has 1 aliphatic carbocycles. The molecule has 1 heterocycles. The highest BCUT2D eigenvalue weighted by atomic mass is 16.3. The van der Waals surface area contributed by atoms with Crippen molar-refractivity contribution in [3.05, 3.63) is 0 Å². The van der Waals surface area contributed by atoms with Crippen molar-refractivity contribution < 1.29 is 5.11 Å². The van der Waals surface area contributed by atoms with Crippen LogP contribution in [0.25, 0.3) is 0 Å². The molecular weight excluding hydrogens is 212 g/mol. The van der Waals surface area contributed by atoms with Crippen LogP contribution in [0.15, 0.2) is 0 Å². The Hall–Kier alpha value is -0.120. The van der Waals surface area contributed by atoms with Crippen LogP contribution >= 0.6 is 0 Å². The number of aliphatic hydroxyl groups is 1. The van der Waals surface area contributed by atoms with Gasteiger partial charge in [-0.3, -0.25) is 4.90 Å². The highest BCUT2D eigenvalue weighted by molar-refractivity contribution is 4.84. The molecule has 100 valence electrons. The number of hydrogen-bond donors (Lipinski definition) is 2. The molecule has 2 rings (SSSR count). The molecule has 0 spiro atoms. The average molecular weight is 240 g/mol.